The van der Waals surface area contributed by atoms with Gasteiger partial charge in [-0.1, -0.05) is 18.2 Å². The second kappa shape index (κ2) is 7.47. The minimum absolute atomic E-state index is 0.0448. The number of ketones is 1. The van der Waals surface area contributed by atoms with Crippen LogP contribution in [0.1, 0.15) is 29.3 Å². The van der Waals surface area contributed by atoms with E-state index in [1.807, 2.05) is 0 Å². The van der Waals surface area contributed by atoms with Crippen LogP contribution in [-0.4, -0.2) is 17.6 Å². The van der Waals surface area contributed by atoms with Crippen LogP contribution >= 0.6 is 0 Å². The number of carbonyl (C=O) groups excluding carboxylic acids is 3. The summed E-state index contributed by atoms with van der Waals surface area (Å²) in [4.78, 5) is 35.6. The maximum atomic E-state index is 13.5. The molecular weight excluding hydrogens is 335 g/mol. The van der Waals surface area contributed by atoms with Gasteiger partial charge in [0, 0.05) is 23.4 Å². The summed E-state index contributed by atoms with van der Waals surface area (Å²) < 4.78 is 13.5. The third kappa shape index (κ3) is 4.14. The van der Waals surface area contributed by atoms with E-state index in [9.17, 15) is 18.8 Å². The van der Waals surface area contributed by atoms with Crippen molar-refractivity contribution in [3.63, 3.8) is 0 Å². The molecule has 0 aliphatic heterocycles. The second-order valence-corrected chi connectivity index (χ2v) is 6.38. The van der Waals surface area contributed by atoms with Gasteiger partial charge in [-0.2, -0.15) is 0 Å². The molecule has 3 rings (SSSR count). The van der Waals surface area contributed by atoms with E-state index < -0.39 is 5.92 Å². The monoisotopic (exact) mass is 354 g/mol. The summed E-state index contributed by atoms with van der Waals surface area (Å²) in [5, 5.41) is 5.42. The minimum Gasteiger partial charge on any atom is -0.352 e. The number of amides is 2. The topological polar surface area (TPSA) is 75.3 Å². The molecule has 1 aliphatic rings. The van der Waals surface area contributed by atoms with Crippen molar-refractivity contribution in [2.75, 3.05) is 5.32 Å². The third-order valence-electron chi connectivity index (χ3n) is 4.43. The molecule has 134 valence electrons. The first-order valence-corrected chi connectivity index (χ1v) is 8.38. The summed E-state index contributed by atoms with van der Waals surface area (Å²) in [6.45, 7) is 1.57. The molecule has 1 fully saturated rings. The first-order chi connectivity index (χ1) is 12.5. The van der Waals surface area contributed by atoms with E-state index in [-0.39, 0.29) is 35.9 Å². The number of nitrogens with one attached hydrogen (secondary N) is 2. The molecule has 0 saturated heterocycles. The Morgan fingerprint density at radius 3 is 2.31 bits per heavy atom. The second-order valence-electron chi connectivity index (χ2n) is 6.38. The Bertz CT molecular complexity index is 848. The number of hydrogen-bond acceptors (Lipinski definition) is 3. The number of benzene rings is 2. The lowest BCUT2D eigenvalue weighted by Gasteiger charge is -2.07. The normalized spacial score (nSPS) is 18.1. The minimum atomic E-state index is -0.390. The predicted molar refractivity (Wildman–Crippen MR) is 94.9 cm³/mol. The summed E-state index contributed by atoms with van der Waals surface area (Å²) in [5.41, 5.74) is 1.56. The number of hydrogen-bond donors (Lipinski definition) is 2. The highest BCUT2D eigenvalue weighted by Gasteiger charge is 2.47. The zero-order chi connectivity index (χ0) is 18.7. The molecule has 0 heterocycles. The Morgan fingerprint density at radius 1 is 1.00 bits per heavy atom. The van der Waals surface area contributed by atoms with Crippen molar-refractivity contribution >= 4 is 23.3 Å². The predicted octanol–water partition coefficient (Wildman–Crippen LogP) is 2.92. The van der Waals surface area contributed by atoms with Crippen molar-refractivity contribution in [3.8, 4) is 0 Å². The van der Waals surface area contributed by atoms with Gasteiger partial charge in [-0.25, -0.2) is 4.39 Å². The van der Waals surface area contributed by atoms with Gasteiger partial charge in [0.15, 0.2) is 5.78 Å². The Hall–Kier alpha value is -3.02. The number of rotatable bonds is 6. The van der Waals surface area contributed by atoms with E-state index in [0.29, 0.717) is 23.2 Å². The van der Waals surface area contributed by atoms with Gasteiger partial charge in [-0.05, 0) is 43.7 Å². The zero-order valence-corrected chi connectivity index (χ0v) is 14.3. The van der Waals surface area contributed by atoms with Crippen molar-refractivity contribution in [2.24, 2.45) is 11.8 Å². The van der Waals surface area contributed by atoms with E-state index >= 15 is 0 Å². The Balaban J connectivity index is 1.49. The molecule has 0 radical (unpaired) electrons. The lowest BCUT2D eigenvalue weighted by molar-refractivity contribution is -0.125. The lowest BCUT2D eigenvalue weighted by Crippen LogP contribution is -2.27. The van der Waals surface area contributed by atoms with Crippen LogP contribution in [0.3, 0.4) is 0 Å². The molecule has 2 aromatic carbocycles. The first kappa shape index (κ1) is 17.8. The van der Waals surface area contributed by atoms with E-state index in [2.05, 4.69) is 10.6 Å². The summed E-state index contributed by atoms with van der Waals surface area (Å²) in [7, 11) is 0. The van der Waals surface area contributed by atoms with Crippen LogP contribution in [0, 0.1) is 17.7 Å². The van der Waals surface area contributed by atoms with Gasteiger partial charge in [0.25, 0.3) is 0 Å². The smallest absolute Gasteiger partial charge is 0.228 e. The molecule has 0 bridgehead atoms. The van der Waals surface area contributed by atoms with Crippen LogP contribution < -0.4 is 10.6 Å². The van der Waals surface area contributed by atoms with Crippen LogP contribution in [0.4, 0.5) is 10.1 Å². The summed E-state index contributed by atoms with van der Waals surface area (Å²) in [5.74, 6) is -1.67. The van der Waals surface area contributed by atoms with Crippen molar-refractivity contribution in [3.05, 3.63) is 65.5 Å². The molecule has 2 amide bonds. The maximum Gasteiger partial charge on any atom is 0.228 e. The van der Waals surface area contributed by atoms with Crippen molar-refractivity contribution in [1.82, 2.24) is 5.32 Å². The highest BCUT2D eigenvalue weighted by molar-refractivity contribution is 6.00. The van der Waals surface area contributed by atoms with Gasteiger partial charge in [0.05, 0.1) is 11.8 Å². The summed E-state index contributed by atoms with van der Waals surface area (Å²) in [6.07, 6.45) is 0.473. The molecule has 1 saturated carbocycles. The summed E-state index contributed by atoms with van der Waals surface area (Å²) in [6, 6.07) is 12.8. The molecule has 6 heteroatoms. The van der Waals surface area contributed by atoms with Gasteiger partial charge in [0.1, 0.15) is 5.82 Å². The zero-order valence-electron chi connectivity index (χ0n) is 14.3. The van der Waals surface area contributed by atoms with Gasteiger partial charge in [-0.15, -0.1) is 0 Å². The fourth-order valence-corrected chi connectivity index (χ4v) is 2.75. The molecule has 2 unspecified atom stereocenters. The van der Waals surface area contributed by atoms with Crippen LogP contribution in [0.25, 0.3) is 0 Å². The van der Waals surface area contributed by atoms with Gasteiger partial charge >= 0.3 is 0 Å². The quantitative estimate of drug-likeness (QED) is 0.783. The van der Waals surface area contributed by atoms with Crippen molar-refractivity contribution in [2.45, 2.75) is 19.9 Å². The Kier molecular flexibility index (Phi) is 5.11. The van der Waals surface area contributed by atoms with Gasteiger partial charge in [-0.3, -0.25) is 14.4 Å². The first-order valence-electron chi connectivity index (χ1n) is 8.38. The molecular formula is C20H19FN2O3. The molecule has 5 nitrogen and oxygen atoms in total. The molecule has 26 heavy (non-hydrogen) atoms. The van der Waals surface area contributed by atoms with E-state index in [1.165, 1.54) is 13.0 Å². The third-order valence-corrected chi connectivity index (χ3v) is 4.43. The van der Waals surface area contributed by atoms with Crippen LogP contribution in [0.2, 0.25) is 0 Å². The number of Topliss-reactive ketones (excluding diaryl/α,β-unsaturated/α-hetero) is 1. The van der Waals surface area contributed by atoms with Gasteiger partial charge in [0.2, 0.25) is 11.8 Å². The van der Waals surface area contributed by atoms with E-state index in [0.717, 1.165) is 0 Å². The molecule has 1 aliphatic carbocycles. The SMILES string of the molecule is CC(=O)c1ccc(NC(=O)C2CC2C(=O)NCc2ccccc2F)cc1. The van der Waals surface area contributed by atoms with Gasteiger partial charge < -0.3 is 10.6 Å². The average molecular weight is 354 g/mol. The largest absolute Gasteiger partial charge is 0.352 e. The van der Waals surface area contributed by atoms with E-state index in [4.69, 9.17) is 0 Å². The Labute approximate surface area is 150 Å². The molecule has 2 atom stereocenters. The fraction of sp³-hybridized carbons (Fsp3) is 0.250. The van der Waals surface area contributed by atoms with Crippen LogP contribution in [0.5, 0.6) is 0 Å². The molecule has 0 spiro atoms. The number of halogens is 1. The summed E-state index contributed by atoms with van der Waals surface area (Å²) >= 11 is 0. The highest BCUT2D eigenvalue weighted by Crippen LogP contribution is 2.39. The van der Waals surface area contributed by atoms with Crippen molar-refractivity contribution in [1.29, 1.82) is 0 Å². The molecule has 2 aromatic rings. The maximum absolute atomic E-state index is 13.5. The van der Waals surface area contributed by atoms with Crippen LogP contribution in [-0.2, 0) is 16.1 Å². The Morgan fingerprint density at radius 2 is 1.65 bits per heavy atom. The van der Waals surface area contributed by atoms with Crippen molar-refractivity contribution < 1.29 is 18.8 Å². The number of anilines is 1. The average Bonchev–Trinajstić information content (AvgIpc) is 3.42. The van der Waals surface area contributed by atoms with E-state index in [1.54, 1.807) is 42.5 Å². The lowest BCUT2D eigenvalue weighted by atomic mass is 10.1. The standard InChI is InChI=1S/C20H19FN2O3/c1-12(24)13-6-8-15(9-7-13)23-20(26)17-10-16(17)19(25)22-11-14-4-2-3-5-18(14)21/h2-9,16-17H,10-11H2,1H3,(H,22,25)(H,23,26). The number of carbonyl (C=O) groups is 3. The molecule has 0 aromatic heterocycles. The highest BCUT2D eigenvalue weighted by atomic mass is 19.1. The molecule has 2 N–H and O–H groups in total. The fourth-order valence-electron chi connectivity index (χ4n) is 2.75. The van der Waals surface area contributed by atoms with Crippen LogP contribution in [0.15, 0.2) is 48.5 Å².